The second-order valence-electron chi connectivity index (χ2n) is 3.04. The van der Waals surface area contributed by atoms with Crippen molar-refractivity contribution in [1.82, 2.24) is 14.8 Å². The molecular formula is C9H15N3. The molecule has 0 N–H and O–H groups in total. The van der Waals surface area contributed by atoms with Crippen molar-refractivity contribution in [2.75, 3.05) is 0 Å². The van der Waals surface area contributed by atoms with E-state index in [4.69, 9.17) is 0 Å². The lowest BCUT2D eigenvalue weighted by Gasteiger charge is -2.07. The van der Waals surface area contributed by atoms with Crippen molar-refractivity contribution in [3.05, 3.63) is 24.8 Å². The lowest BCUT2D eigenvalue weighted by Crippen LogP contribution is -2.07. The largest absolute Gasteiger partial charge is 0.248 e. The van der Waals surface area contributed by atoms with E-state index >= 15 is 0 Å². The van der Waals surface area contributed by atoms with Crippen molar-refractivity contribution in [2.24, 2.45) is 0 Å². The van der Waals surface area contributed by atoms with Gasteiger partial charge in [-0.3, -0.25) is 0 Å². The standard InChI is InChI=1S/C9H15N3/c1-4-5-6-9-10-7-11-12(9)8(2)3/h4,7-8H,1,5-6H2,2-3H3. The molecule has 0 unspecified atom stereocenters. The van der Waals surface area contributed by atoms with Crippen LogP contribution < -0.4 is 0 Å². The van der Waals surface area contributed by atoms with Gasteiger partial charge in [0.05, 0.1) is 0 Å². The minimum Gasteiger partial charge on any atom is -0.248 e. The first-order chi connectivity index (χ1) is 5.75. The third kappa shape index (κ3) is 1.94. The van der Waals surface area contributed by atoms with Crippen LogP contribution in [-0.4, -0.2) is 14.8 Å². The fourth-order valence-corrected chi connectivity index (χ4v) is 1.12. The molecule has 0 saturated carbocycles. The van der Waals surface area contributed by atoms with Crippen LogP contribution in [0.3, 0.4) is 0 Å². The monoisotopic (exact) mass is 165 g/mol. The molecular weight excluding hydrogens is 150 g/mol. The van der Waals surface area contributed by atoms with Gasteiger partial charge >= 0.3 is 0 Å². The summed E-state index contributed by atoms with van der Waals surface area (Å²) in [5, 5.41) is 4.14. The molecule has 1 aromatic rings. The van der Waals surface area contributed by atoms with Crippen LogP contribution in [0.1, 0.15) is 32.1 Å². The van der Waals surface area contributed by atoms with E-state index in [2.05, 4.69) is 30.5 Å². The van der Waals surface area contributed by atoms with Gasteiger partial charge in [0.2, 0.25) is 0 Å². The van der Waals surface area contributed by atoms with Crippen LogP contribution in [-0.2, 0) is 6.42 Å². The summed E-state index contributed by atoms with van der Waals surface area (Å²) in [5.74, 6) is 1.05. The first-order valence-electron chi connectivity index (χ1n) is 4.25. The van der Waals surface area contributed by atoms with E-state index in [1.165, 1.54) is 0 Å². The van der Waals surface area contributed by atoms with E-state index in [-0.39, 0.29) is 0 Å². The average molecular weight is 165 g/mol. The molecule has 3 heteroatoms. The van der Waals surface area contributed by atoms with Crippen molar-refractivity contribution in [1.29, 1.82) is 0 Å². The van der Waals surface area contributed by atoms with E-state index < -0.39 is 0 Å². The molecule has 3 nitrogen and oxygen atoms in total. The number of nitrogens with zero attached hydrogens (tertiary/aromatic N) is 3. The molecule has 1 rings (SSSR count). The van der Waals surface area contributed by atoms with Gasteiger partial charge in [0, 0.05) is 12.5 Å². The molecule has 1 aromatic heterocycles. The Morgan fingerprint density at radius 3 is 3.00 bits per heavy atom. The molecule has 0 aliphatic rings. The number of rotatable bonds is 4. The Hall–Kier alpha value is -1.12. The topological polar surface area (TPSA) is 30.7 Å². The molecule has 0 amide bonds. The fraction of sp³-hybridized carbons (Fsp3) is 0.556. The van der Waals surface area contributed by atoms with Crippen molar-refractivity contribution < 1.29 is 0 Å². The normalized spacial score (nSPS) is 10.6. The summed E-state index contributed by atoms with van der Waals surface area (Å²) in [6.07, 6.45) is 5.41. The Kier molecular flexibility index (Phi) is 3.02. The summed E-state index contributed by atoms with van der Waals surface area (Å²) in [6.45, 7) is 7.88. The van der Waals surface area contributed by atoms with Crippen LogP contribution in [0.15, 0.2) is 19.0 Å². The highest BCUT2D eigenvalue weighted by Crippen LogP contribution is 2.06. The second-order valence-corrected chi connectivity index (χ2v) is 3.04. The number of aryl methyl sites for hydroxylation is 1. The molecule has 0 saturated heterocycles. The Bertz CT molecular complexity index is 250. The highest BCUT2D eigenvalue weighted by molar-refractivity contribution is 4.88. The van der Waals surface area contributed by atoms with E-state index in [1.807, 2.05) is 10.8 Å². The van der Waals surface area contributed by atoms with Crippen LogP contribution in [0.5, 0.6) is 0 Å². The molecule has 12 heavy (non-hydrogen) atoms. The molecule has 0 aliphatic heterocycles. The minimum atomic E-state index is 0.396. The van der Waals surface area contributed by atoms with Crippen LogP contribution in [0.2, 0.25) is 0 Å². The van der Waals surface area contributed by atoms with Gasteiger partial charge < -0.3 is 0 Å². The minimum absolute atomic E-state index is 0.396. The van der Waals surface area contributed by atoms with E-state index in [9.17, 15) is 0 Å². The number of hydrogen-bond donors (Lipinski definition) is 0. The maximum atomic E-state index is 4.18. The van der Waals surface area contributed by atoms with Gasteiger partial charge in [-0.2, -0.15) is 5.10 Å². The molecule has 0 atom stereocenters. The van der Waals surface area contributed by atoms with E-state index in [0.29, 0.717) is 6.04 Å². The number of hydrogen-bond acceptors (Lipinski definition) is 2. The smallest absolute Gasteiger partial charge is 0.138 e. The zero-order valence-electron chi connectivity index (χ0n) is 7.70. The third-order valence-electron chi connectivity index (χ3n) is 1.71. The Morgan fingerprint density at radius 1 is 1.67 bits per heavy atom. The third-order valence-corrected chi connectivity index (χ3v) is 1.71. The maximum absolute atomic E-state index is 4.18. The molecule has 0 radical (unpaired) electrons. The van der Waals surface area contributed by atoms with E-state index in [1.54, 1.807) is 6.33 Å². The average Bonchev–Trinajstić information content (AvgIpc) is 2.48. The second kappa shape index (κ2) is 4.04. The number of aromatic nitrogens is 3. The Balaban J connectivity index is 2.70. The van der Waals surface area contributed by atoms with Crippen LogP contribution in [0, 0.1) is 0 Å². The predicted octanol–water partition coefficient (Wildman–Crippen LogP) is 1.98. The summed E-state index contributed by atoms with van der Waals surface area (Å²) >= 11 is 0. The van der Waals surface area contributed by atoms with Crippen molar-refractivity contribution in [2.45, 2.75) is 32.7 Å². The van der Waals surface area contributed by atoms with E-state index in [0.717, 1.165) is 18.7 Å². The van der Waals surface area contributed by atoms with Crippen molar-refractivity contribution >= 4 is 0 Å². The fourth-order valence-electron chi connectivity index (χ4n) is 1.12. The number of allylic oxidation sites excluding steroid dienone is 1. The highest BCUT2D eigenvalue weighted by Gasteiger charge is 2.05. The summed E-state index contributed by atoms with van der Waals surface area (Å²) in [7, 11) is 0. The van der Waals surface area contributed by atoms with Gasteiger partial charge in [0.25, 0.3) is 0 Å². The lowest BCUT2D eigenvalue weighted by atomic mass is 10.3. The Labute approximate surface area is 73.1 Å². The summed E-state index contributed by atoms with van der Waals surface area (Å²) < 4.78 is 1.95. The maximum Gasteiger partial charge on any atom is 0.138 e. The molecule has 1 heterocycles. The highest BCUT2D eigenvalue weighted by atomic mass is 15.3. The van der Waals surface area contributed by atoms with Gasteiger partial charge in [-0.15, -0.1) is 6.58 Å². The van der Waals surface area contributed by atoms with Crippen molar-refractivity contribution in [3.63, 3.8) is 0 Å². The Morgan fingerprint density at radius 2 is 2.42 bits per heavy atom. The molecule has 0 bridgehead atoms. The summed E-state index contributed by atoms with van der Waals surface area (Å²) in [5.41, 5.74) is 0. The first kappa shape index (κ1) is 8.97. The van der Waals surface area contributed by atoms with Crippen molar-refractivity contribution in [3.8, 4) is 0 Å². The lowest BCUT2D eigenvalue weighted by molar-refractivity contribution is 0.505. The van der Waals surface area contributed by atoms with Gasteiger partial charge in [0.1, 0.15) is 12.2 Å². The molecule has 0 fully saturated rings. The molecule has 0 aromatic carbocycles. The quantitative estimate of drug-likeness (QED) is 0.639. The zero-order valence-corrected chi connectivity index (χ0v) is 7.70. The SMILES string of the molecule is C=CCCc1ncnn1C(C)C. The molecule has 0 aliphatic carbocycles. The first-order valence-corrected chi connectivity index (χ1v) is 4.25. The van der Waals surface area contributed by atoms with Gasteiger partial charge in [-0.1, -0.05) is 6.08 Å². The van der Waals surface area contributed by atoms with Crippen LogP contribution >= 0.6 is 0 Å². The van der Waals surface area contributed by atoms with Crippen LogP contribution in [0.25, 0.3) is 0 Å². The summed E-state index contributed by atoms with van der Waals surface area (Å²) in [6, 6.07) is 0.396. The predicted molar refractivity (Wildman–Crippen MR) is 48.9 cm³/mol. The van der Waals surface area contributed by atoms with Gasteiger partial charge in [0.15, 0.2) is 0 Å². The molecule has 66 valence electrons. The van der Waals surface area contributed by atoms with Crippen LogP contribution in [0.4, 0.5) is 0 Å². The van der Waals surface area contributed by atoms with Gasteiger partial charge in [-0.05, 0) is 20.3 Å². The summed E-state index contributed by atoms with van der Waals surface area (Å²) in [4.78, 5) is 4.18. The zero-order chi connectivity index (χ0) is 8.97. The van der Waals surface area contributed by atoms with Gasteiger partial charge in [-0.25, -0.2) is 9.67 Å². The molecule has 0 spiro atoms.